The van der Waals surface area contributed by atoms with E-state index in [1.807, 2.05) is 44.2 Å². The van der Waals surface area contributed by atoms with Crippen LogP contribution in [0.1, 0.15) is 25.8 Å². The summed E-state index contributed by atoms with van der Waals surface area (Å²) in [5.41, 5.74) is 0.826. The van der Waals surface area contributed by atoms with Crippen LogP contribution in [0.3, 0.4) is 0 Å². The second-order valence-electron chi connectivity index (χ2n) is 5.32. The van der Waals surface area contributed by atoms with Crippen LogP contribution in [0.25, 0.3) is 0 Å². The van der Waals surface area contributed by atoms with E-state index in [9.17, 15) is 8.42 Å². The minimum absolute atomic E-state index is 0.0875. The SMILES string of the molecule is CCNC(=NCCCS(=O)(=O)Cc1ccccc1)NCCOCC. The Balaban J connectivity index is 2.36. The minimum Gasteiger partial charge on any atom is -0.380 e. The normalized spacial score (nSPS) is 12.2. The average molecular weight is 356 g/mol. The van der Waals surface area contributed by atoms with Gasteiger partial charge in [0.15, 0.2) is 15.8 Å². The molecule has 0 atom stereocenters. The van der Waals surface area contributed by atoms with E-state index in [0.29, 0.717) is 38.7 Å². The van der Waals surface area contributed by atoms with Crippen molar-refractivity contribution in [3.05, 3.63) is 35.9 Å². The molecule has 0 unspecified atom stereocenters. The van der Waals surface area contributed by atoms with E-state index >= 15 is 0 Å². The van der Waals surface area contributed by atoms with Gasteiger partial charge in [0.05, 0.1) is 18.1 Å². The standard InChI is InChI=1S/C17H29N3O3S/c1-3-18-17(20-12-13-23-4-2)19-11-8-14-24(21,22)15-16-9-6-5-7-10-16/h5-7,9-10H,3-4,8,11-15H2,1-2H3,(H2,18,19,20). The van der Waals surface area contributed by atoms with E-state index in [1.54, 1.807) is 0 Å². The first-order valence-corrected chi connectivity index (χ1v) is 10.2. The Labute approximate surface area is 145 Å². The van der Waals surface area contributed by atoms with Gasteiger partial charge >= 0.3 is 0 Å². The van der Waals surface area contributed by atoms with Crippen molar-refractivity contribution in [2.45, 2.75) is 26.0 Å². The van der Waals surface area contributed by atoms with Crippen molar-refractivity contribution in [2.75, 3.05) is 38.6 Å². The molecule has 0 saturated carbocycles. The summed E-state index contributed by atoms with van der Waals surface area (Å²) in [5, 5.41) is 6.29. The van der Waals surface area contributed by atoms with Gasteiger partial charge in [0, 0.05) is 26.2 Å². The molecule has 1 aromatic rings. The number of nitrogens with zero attached hydrogens (tertiary/aromatic N) is 1. The van der Waals surface area contributed by atoms with Gasteiger partial charge in [0.25, 0.3) is 0 Å². The number of hydrogen-bond acceptors (Lipinski definition) is 4. The van der Waals surface area contributed by atoms with Crippen LogP contribution in [-0.2, 0) is 20.3 Å². The Bertz CT molecular complexity index is 574. The Hall–Kier alpha value is -1.60. The molecule has 0 heterocycles. The molecule has 0 aromatic heterocycles. The highest BCUT2D eigenvalue weighted by atomic mass is 32.2. The maximum Gasteiger partial charge on any atom is 0.191 e. The second-order valence-corrected chi connectivity index (χ2v) is 7.50. The zero-order valence-electron chi connectivity index (χ0n) is 14.6. The van der Waals surface area contributed by atoms with Gasteiger partial charge in [0.2, 0.25) is 0 Å². The van der Waals surface area contributed by atoms with E-state index in [1.165, 1.54) is 0 Å². The lowest BCUT2D eigenvalue weighted by Gasteiger charge is -2.11. The van der Waals surface area contributed by atoms with Gasteiger partial charge in [-0.15, -0.1) is 0 Å². The molecule has 1 aromatic carbocycles. The number of guanidine groups is 1. The molecular weight excluding hydrogens is 326 g/mol. The van der Waals surface area contributed by atoms with Crippen LogP contribution in [0.15, 0.2) is 35.3 Å². The van der Waals surface area contributed by atoms with Crippen LogP contribution in [0.2, 0.25) is 0 Å². The first-order valence-electron chi connectivity index (χ1n) is 8.41. The largest absolute Gasteiger partial charge is 0.380 e. The highest BCUT2D eigenvalue weighted by Crippen LogP contribution is 2.07. The van der Waals surface area contributed by atoms with Crippen LogP contribution in [0, 0.1) is 0 Å². The Morgan fingerprint density at radius 2 is 1.92 bits per heavy atom. The first-order chi connectivity index (χ1) is 11.6. The number of aliphatic imine (C=N–C) groups is 1. The summed E-state index contributed by atoms with van der Waals surface area (Å²) >= 11 is 0. The highest BCUT2D eigenvalue weighted by molar-refractivity contribution is 7.90. The maximum absolute atomic E-state index is 12.1. The number of benzene rings is 1. The molecule has 0 bridgehead atoms. The lowest BCUT2D eigenvalue weighted by molar-refractivity contribution is 0.152. The van der Waals surface area contributed by atoms with Crippen molar-refractivity contribution in [1.82, 2.24) is 10.6 Å². The number of ether oxygens (including phenoxy) is 1. The Kier molecular flexibility index (Phi) is 10.1. The lowest BCUT2D eigenvalue weighted by atomic mass is 10.2. The smallest absolute Gasteiger partial charge is 0.191 e. The molecule has 0 saturated heterocycles. The zero-order valence-corrected chi connectivity index (χ0v) is 15.4. The van der Waals surface area contributed by atoms with Crippen LogP contribution in [0.5, 0.6) is 0 Å². The Morgan fingerprint density at radius 3 is 2.58 bits per heavy atom. The third-order valence-electron chi connectivity index (χ3n) is 3.20. The summed E-state index contributed by atoms with van der Waals surface area (Å²) in [4.78, 5) is 4.40. The third-order valence-corrected chi connectivity index (χ3v) is 4.88. The number of sulfone groups is 1. The topological polar surface area (TPSA) is 79.8 Å². The van der Waals surface area contributed by atoms with Gasteiger partial charge < -0.3 is 15.4 Å². The maximum atomic E-state index is 12.1. The summed E-state index contributed by atoms with van der Waals surface area (Å²) in [6.07, 6.45) is 0.511. The van der Waals surface area contributed by atoms with Crippen molar-refractivity contribution >= 4 is 15.8 Å². The summed E-state index contributed by atoms with van der Waals surface area (Å²) < 4.78 is 29.5. The predicted molar refractivity (Wildman–Crippen MR) is 99.0 cm³/mol. The van der Waals surface area contributed by atoms with Crippen molar-refractivity contribution < 1.29 is 13.2 Å². The average Bonchev–Trinajstić information content (AvgIpc) is 2.56. The fourth-order valence-electron chi connectivity index (χ4n) is 2.10. The van der Waals surface area contributed by atoms with Crippen molar-refractivity contribution in [3.8, 4) is 0 Å². The first kappa shape index (κ1) is 20.4. The molecule has 1 rings (SSSR count). The summed E-state index contributed by atoms with van der Waals surface area (Å²) in [7, 11) is -3.10. The van der Waals surface area contributed by atoms with Crippen molar-refractivity contribution in [2.24, 2.45) is 4.99 Å². The predicted octanol–water partition coefficient (Wildman–Crippen LogP) is 1.58. The fourth-order valence-corrected chi connectivity index (χ4v) is 3.52. The van der Waals surface area contributed by atoms with Gasteiger partial charge in [-0.2, -0.15) is 0 Å². The third kappa shape index (κ3) is 9.52. The van der Waals surface area contributed by atoms with Gasteiger partial charge in [0.1, 0.15) is 0 Å². The van der Waals surface area contributed by atoms with Gasteiger partial charge in [-0.1, -0.05) is 30.3 Å². The molecule has 136 valence electrons. The van der Waals surface area contributed by atoms with Crippen LogP contribution in [0.4, 0.5) is 0 Å². The minimum atomic E-state index is -3.10. The van der Waals surface area contributed by atoms with E-state index in [0.717, 1.165) is 12.1 Å². The van der Waals surface area contributed by atoms with E-state index in [4.69, 9.17) is 4.74 Å². The van der Waals surface area contributed by atoms with E-state index < -0.39 is 9.84 Å². The molecule has 0 aliphatic carbocycles. The summed E-state index contributed by atoms with van der Waals surface area (Å²) in [6.45, 7) is 7.15. The van der Waals surface area contributed by atoms with E-state index in [2.05, 4.69) is 15.6 Å². The second kappa shape index (κ2) is 11.9. The molecule has 2 N–H and O–H groups in total. The molecule has 0 radical (unpaired) electrons. The van der Waals surface area contributed by atoms with Gasteiger partial charge in [-0.3, -0.25) is 4.99 Å². The molecule has 7 heteroatoms. The molecule has 0 fully saturated rings. The molecule has 0 spiro atoms. The molecule has 24 heavy (non-hydrogen) atoms. The van der Waals surface area contributed by atoms with Gasteiger partial charge in [-0.25, -0.2) is 8.42 Å². The van der Waals surface area contributed by atoms with Crippen molar-refractivity contribution in [3.63, 3.8) is 0 Å². The highest BCUT2D eigenvalue weighted by Gasteiger charge is 2.11. The van der Waals surface area contributed by atoms with Gasteiger partial charge in [-0.05, 0) is 25.8 Å². The van der Waals surface area contributed by atoms with Crippen LogP contribution >= 0.6 is 0 Å². The molecule has 0 aliphatic rings. The molecule has 0 amide bonds. The quantitative estimate of drug-likeness (QED) is 0.358. The number of hydrogen-bond donors (Lipinski definition) is 2. The number of nitrogens with one attached hydrogen (secondary N) is 2. The Morgan fingerprint density at radius 1 is 1.17 bits per heavy atom. The zero-order chi connectivity index (χ0) is 17.7. The monoisotopic (exact) mass is 355 g/mol. The van der Waals surface area contributed by atoms with Crippen LogP contribution in [-0.4, -0.2) is 53.0 Å². The van der Waals surface area contributed by atoms with Crippen molar-refractivity contribution in [1.29, 1.82) is 0 Å². The summed E-state index contributed by atoms with van der Waals surface area (Å²) in [6, 6.07) is 9.26. The fraction of sp³-hybridized carbons (Fsp3) is 0.588. The molecular formula is C17H29N3O3S. The summed E-state index contributed by atoms with van der Waals surface area (Å²) in [5.74, 6) is 0.922. The van der Waals surface area contributed by atoms with E-state index in [-0.39, 0.29) is 11.5 Å². The molecule has 0 aliphatic heterocycles. The molecule has 6 nitrogen and oxygen atoms in total. The number of rotatable bonds is 11. The van der Waals surface area contributed by atoms with Crippen LogP contribution < -0.4 is 10.6 Å². The lowest BCUT2D eigenvalue weighted by Crippen LogP contribution is -2.39.